The summed E-state index contributed by atoms with van der Waals surface area (Å²) in [4.78, 5) is 24.4. The smallest absolute Gasteiger partial charge is 0.287 e. The first-order chi connectivity index (χ1) is 11.2. The Bertz CT molecular complexity index is 759. The van der Waals surface area contributed by atoms with Crippen molar-refractivity contribution in [2.75, 3.05) is 13.7 Å². The molecule has 1 N–H and O–H groups in total. The topological polar surface area (TPSA) is 68.5 Å². The summed E-state index contributed by atoms with van der Waals surface area (Å²) in [5.41, 5.74) is 0.147. The molecule has 0 spiro atoms. The van der Waals surface area contributed by atoms with Gasteiger partial charge in [0.2, 0.25) is 0 Å². The van der Waals surface area contributed by atoms with Gasteiger partial charge in [-0.25, -0.2) is 0 Å². The van der Waals surface area contributed by atoms with Crippen LogP contribution in [0.5, 0.6) is 5.75 Å². The molecule has 122 valence electrons. The van der Waals surface area contributed by atoms with Crippen LogP contribution in [0.1, 0.15) is 42.7 Å². The van der Waals surface area contributed by atoms with Gasteiger partial charge in [-0.05, 0) is 37.0 Å². The second-order valence-electron chi connectivity index (χ2n) is 6.05. The number of nitrogens with one attached hydrogen (secondary N) is 1. The van der Waals surface area contributed by atoms with Crippen molar-refractivity contribution in [3.8, 4) is 5.75 Å². The molecule has 0 saturated heterocycles. The number of carbonyl (C=O) groups is 1. The molecule has 1 saturated carbocycles. The van der Waals surface area contributed by atoms with Crippen molar-refractivity contribution in [2.45, 2.75) is 32.1 Å². The van der Waals surface area contributed by atoms with Gasteiger partial charge in [0.25, 0.3) is 5.91 Å². The van der Waals surface area contributed by atoms with E-state index in [1.165, 1.54) is 32.4 Å². The van der Waals surface area contributed by atoms with Gasteiger partial charge in [-0.1, -0.05) is 19.3 Å². The summed E-state index contributed by atoms with van der Waals surface area (Å²) in [6.45, 7) is 0.642. The summed E-state index contributed by atoms with van der Waals surface area (Å²) < 4.78 is 10.7. The highest BCUT2D eigenvalue weighted by Gasteiger charge is 2.17. The van der Waals surface area contributed by atoms with Gasteiger partial charge in [0.05, 0.1) is 12.5 Å². The largest absolute Gasteiger partial charge is 0.497 e. The summed E-state index contributed by atoms with van der Waals surface area (Å²) >= 11 is 0. The molecular formula is C18H21NO4. The van der Waals surface area contributed by atoms with E-state index in [4.69, 9.17) is 9.15 Å². The Morgan fingerprint density at radius 2 is 2.04 bits per heavy atom. The van der Waals surface area contributed by atoms with Gasteiger partial charge >= 0.3 is 0 Å². The van der Waals surface area contributed by atoms with E-state index in [-0.39, 0.29) is 17.1 Å². The van der Waals surface area contributed by atoms with Gasteiger partial charge in [-0.15, -0.1) is 0 Å². The lowest BCUT2D eigenvalue weighted by Gasteiger charge is -2.21. The first kappa shape index (κ1) is 15.6. The Kier molecular flexibility index (Phi) is 4.65. The zero-order valence-corrected chi connectivity index (χ0v) is 13.3. The molecule has 1 aromatic carbocycles. The highest BCUT2D eigenvalue weighted by atomic mass is 16.5. The van der Waals surface area contributed by atoms with Crippen molar-refractivity contribution >= 4 is 16.9 Å². The Morgan fingerprint density at radius 1 is 1.26 bits per heavy atom. The molecule has 23 heavy (non-hydrogen) atoms. The monoisotopic (exact) mass is 315 g/mol. The maximum atomic E-state index is 12.2. The number of ether oxygens (including phenoxy) is 1. The molecule has 1 amide bonds. The second kappa shape index (κ2) is 6.86. The molecule has 2 aromatic rings. The summed E-state index contributed by atoms with van der Waals surface area (Å²) in [5, 5.41) is 3.30. The first-order valence-electron chi connectivity index (χ1n) is 8.07. The SMILES string of the molecule is COc1ccc2oc(C(=O)NCC3CCCCC3)cc(=O)c2c1. The van der Waals surface area contributed by atoms with E-state index in [1.807, 2.05) is 0 Å². The first-order valence-corrected chi connectivity index (χ1v) is 8.07. The van der Waals surface area contributed by atoms with Crippen LogP contribution in [-0.2, 0) is 0 Å². The molecule has 0 atom stereocenters. The maximum absolute atomic E-state index is 12.2. The third kappa shape index (κ3) is 3.55. The summed E-state index contributed by atoms with van der Waals surface area (Å²) in [7, 11) is 1.54. The number of methoxy groups -OCH3 is 1. The Labute approximate surface area is 134 Å². The minimum atomic E-state index is -0.328. The van der Waals surface area contributed by atoms with Crippen LogP contribution < -0.4 is 15.5 Å². The fourth-order valence-electron chi connectivity index (χ4n) is 3.09. The predicted molar refractivity (Wildman–Crippen MR) is 87.9 cm³/mol. The standard InChI is InChI=1S/C18H21NO4/c1-22-13-7-8-16-14(9-13)15(20)10-17(23-16)18(21)19-11-12-5-3-2-4-6-12/h7-10,12H,2-6,11H2,1H3,(H,19,21). The van der Waals surface area contributed by atoms with E-state index in [9.17, 15) is 9.59 Å². The van der Waals surface area contributed by atoms with E-state index >= 15 is 0 Å². The van der Waals surface area contributed by atoms with E-state index in [0.29, 0.717) is 29.2 Å². The molecule has 0 unspecified atom stereocenters. The number of rotatable bonds is 4. The molecule has 0 bridgehead atoms. The van der Waals surface area contributed by atoms with E-state index < -0.39 is 0 Å². The van der Waals surface area contributed by atoms with Crippen LogP contribution >= 0.6 is 0 Å². The molecular weight excluding hydrogens is 294 g/mol. The Balaban J connectivity index is 1.76. The van der Waals surface area contributed by atoms with Crippen LogP contribution in [-0.4, -0.2) is 19.6 Å². The van der Waals surface area contributed by atoms with Crippen LogP contribution in [0, 0.1) is 5.92 Å². The molecule has 3 rings (SSSR count). The van der Waals surface area contributed by atoms with Crippen LogP contribution in [0.3, 0.4) is 0 Å². The van der Waals surface area contributed by atoms with Crippen molar-refractivity contribution in [1.82, 2.24) is 5.32 Å². The molecule has 5 heteroatoms. The van der Waals surface area contributed by atoms with Crippen molar-refractivity contribution in [3.63, 3.8) is 0 Å². The van der Waals surface area contributed by atoms with Crippen LogP contribution in [0.25, 0.3) is 11.0 Å². The zero-order chi connectivity index (χ0) is 16.2. The number of hydrogen-bond donors (Lipinski definition) is 1. The summed E-state index contributed by atoms with van der Waals surface area (Å²) in [5.74, 6) is 0.845. The number of hydrogen-bond acceptors (Lipinski definition) is 4. The highest BCUT2D eigenvalue weighted by molar-refractivity contribution is 5.93. The third-order valence-electron chi connectivity index (χ3n) is 4.43. The maximum Gasteiger partial charge on any atom is 0.287 e. The highest BCUT2D eigenvalue weighted by Crippen LogP contribution is 2.23. The fraction of sp³-hybridized carbons (Fsp3) is 0.444. The van der Waals surface area contributed by atoms with Crippen LogP contribution in [0.4, 0.5) is 0 Å². The molecule has 5 nitrogen and oxygen atoms in total. The third-order valence-corrected chi connectivity index (χ3v) is 4.43. The Hall–Kier alpha value is -2.30. The lowest BCUT2D eigenvalue weighted by Crippen LogP contribution is -2.30. The number of fused-ring (bicyclic) bond motifs is 1. The van der Waals surface area contributed by atoms with Crippen molar-refractivity contribution in [2.24, 2.45) is 5.92 Å². The predicted octanol–water partition coefficient (Wildman–Crippen LogP) is 3.11. The summed E-state index contributed by atoms with van der Waals surface area (Å²) in [6.07, 6.45) is 6.05. The van der Waals surface area contributed by atoms with Gasteiger partial charge in [-0.2, -0.15) is 0 Å². The zero-order valence-electron chi connectivity index (χ0n) is 13.3. The molecule has 0 aliphatic heterocycles. The van der Waals surface area contributed by atoms with E-state index in [0.717, 1.165) is 12.8 Å². The quantitative estimate of drug-likeness (QED) is 0.941. The number of amides is 1. The molecule has 0 radical (unpaired) electrons. The fourth-order valence-corrected chi connectivity index (χ4v) is 3.09. The number of benzene rings is 1. The van der Waals surface area contributed by atoms with Gasteiger partial charge in [0.1, 0.15) is 11.3 Å². The molecule has 1 fully saturated rings. The second-order valence-corrected chi connectivity index (χ2v) is 6.05. The average Bonchev–Trinajstić information content (AvgIpc) is 2.60. The lowest BCUT2D eigenvalue weighted by molar-refractivity contribution is 0.0916. The van der Waals surface area contributed by atoms with Gasteiger partial charge in [0, 0.05) is 12.6 Å². The van der Waals surface area contributed by atoms with Crippen LogP contribution in [0.15, 0.2) is 33.5 Å². The minimum absolute atomic E-state index is 0.0588. The van der Waals surface area contributed by atoms with Crippen molar-refractivity contribution in [1.29, 1.82) is 0 Å². The number of carbonyl (C=O) groups excluding carboxylic acids is 1. The molecule has 1 aromatic heterocycles. The van der Waals surface area contributed by atoms with Crippen molar-refractivity contribution in [3.05, 3.63) is 40.2 Å². The normalized spacial score (nSPS) is 15.5. The summed E-state index contributed by atoms with van der Waals surface area (Å²) in [6, 6.07) is 6.21. The lowest BCUT2D eigenvalue weighted by atomic mass is 9.89. The average molecular weight is 315 g/mol. The van der Waals surface area contributed by atoms with Gasteiger partial charge in [-0.3, -0.25) is 9.59 Å². The van der Waals surface area contributed by atoms with Gasteiger partial charge in [0.15, 0.2) is 11.2 Å². The van der Waals surface area contributed by atoms with E-state index in [1.54, 1.807) is 18.2 Å². The molecule has 1 aliphatic carbocycles. The van der Waals surface area contributed by atoms with E-state index in [2.05, 4.69) is 5.32 Å². The van der Waals surface area contributed by atoms with Crippen LogP contribution in [0.2, 0.25) is 0 Å². The van der Waals surface area contributed by atoms with Crippen molar-refractivity contribution < 1.29 is 13.9 Å². The minimum Gasteiger partial charge on any atom is -0.497 e. The molecule has 1 aliphatic rings. The van der Waals surface area contributed by atoms with Gasteiger partial charge < -0.3 is 14.5 Å². The Morgan fingerprint density at radius 3 is 2.78 bits per heavy atom. The molecule has 1 heterocycles.